The van der Waals surface area contributed by atoms with E-state index in [1.54, 1.807) is 0 Å². The van der Waals surface area contributed by atoms with Gasteiger partial charge in [-0.2, -0.15) is 0 Å². The van der Waals surface area contributed by atoms with Crippen molar-refractivity contribution in [1.82, 2.24) is 0 Å². The summed E-state index contributed by atoms with van der Waals surface area (Å²) < 4.78 is 18.6. The summed E-state index contributed by atoms with van der Waals surface area (Å²) in [6.07, 6.45) is 4.27. The largest absolute Gasteiger partial charge is 0.396 e. The fraction of sp³-hybridized carbons (Fsp3) is 0.529. The van der Waals surface area contributed by atoms with E-state index in [0.29, 0.717) is 18.8 Å². The number of rotatable bonds is 6. The van der Waals surface area contributed by atoms with Gasteiger partial charge in [0.1, 0.15) is 0 Å². The molecule has 0 bridgehead atoms. The molecule has 2 rings (SSSR count). The maximum atomic E-state index is 12.6. The van der Waals surface area contributed by atoms with E-state index in [9.17, 15) is 9.32 Å². The second-order valence-electron chi connectivity index (χ2n) is 5.88. The van der Waals surface area contributed by atoms with Crippen molar-refractivity contribution in [2.75, 3.05) is 19.0 Å². The molecule has 0 spiro atoms. The summed E-state index contributed by atoms with van der Waals surface area (Å²) in [5, 5.41) is 9.22. The Hall–Kier alpha value is -0.970. The standard InChI is InChI=1S/C17H24O3S/c1-3-9-17(10-8-15(11-18)12-20-17)13-21(19)16-6-4-14(2)5-7-16/h3-7,15,18H,1,8-13H2,2H3/t15-,17-,21?/m0/s1. The number of hydrogen-bond donors (Lipinski definition) is 1. The van der Waals surface area contributed by atoms with E-state index >= 15 is 0 Å². The Morgan fingerprint density at radius 3 is 2.71 bits per heavy atom. The predicted octanol–water partition coefficient (Wildman–Crippen LogP) is 2.84. The first kappa shape index (κ1) is 16.4. The van der Waals surface area contributed by atoms with Crippen molar-refractivity contribution < 1.29 is 14.1 Å². The molecule has 1 heterocycles. The quantitative estimate of drug-likeness (QED) is 0.822. The van der Waals surface area contributed by atoms with Crippen LogP contribution in [0.2, 0.25) is 0 Å². The van der Waals surface area contributed by atoms with Gasteiger partial charge in [-0.25, -0.2) is 0 Å². The summed E-state index contributed by atoms with van der Waals surface area (Å²) in [6.45, 7) is 6.52. The Labute approximate surface area is 129 Å². The molecule has 0 saturated carbocycles. The molecule has 0 amide bonds. The monoisotopic (exact) mass is 308 g/mol. The molecule has 1 aliphatic heterocycles. The third-order valence-corrected chi connectivity index (χ3v) is 5.67. The summed E-state index contributed by atoms with van der Waals surface area (Å²) in [7, 11) is -1.08. The maximum Gasteiger partial charge on any atom is 0.0835 e. The van der Waals surface area contributed by atoms with Crippen molar-refractivity contribution in [2.24, 2.45) is 5.92 Å². The van der Waals surface area contributed by atoms with Crippen molar-refractivity contribution in [1.29, 1.82) is 0 Å². The molecule has 3 nitrogen and oxygen atoms in total. The summed E-state index contributed by atoms with van der Waals surface area (Å²) >= 11 is 0. The van der Waals surface area contributed by atoms with Crippen LogP contribution in [0.25, 0.3) is 0 Å². The molecule has 4 heteroatoms. The van der Waals surface area contributed by atoms with Crippen molar-refractivity contribution in [3.8, 4) is 0 Å². The summed E-state index contributed by atoms with van der Waals surface area (Å²) in [5.41, 5.74) is 0.764. The first-order valence-corrected chi connectivity index (χ1v) is 8.71. The molecule has 1 fully saturated rings. The predicted molar refractivity (Wildman–Crippen MR) is 85.8 cm³/mol. The molecule has 0 aliphatic carbocycles. The van der Waals surface area contributed by atoms with Crippen molar-refractivity contribution in [3.05, 3.63) is 42.5 Å². The van der Waals surface area contributed by atoms with Gasteiger partial charge in [0.15, 0.2) is 0 Å². The number of aryl methyl sites for hydroxylation is 1. The molecule has 1 saturated heterocycles. The van der Waals surface area contributed by atoms with E-state index in [1.165, 1.54) is 0 Å². The summed E-state index contributed by atoms with van der Waals surface area (Å²) in [4.78, 5) is 0.844. The molecule has 1 aromatic rings. The minimum atomic E-state index is -1.08. The smallest absolute Gasteiger partial charge is 0.0835 e. The van der Waals surface area contributed by atoms with Gasteiger partial charge in [0.25, 0.3) is 0 Å². The molecule has 21 heavy (non-hydrogen) atoms. The third kappa shape index (κ3) is 4.25. The molecular weight excluding hydrogens is 284 g/mol. The van der Waals surface area contributed by atoms with Crippen LogP contribution in [0, 0.1) is 12.8 Å². The zero-order valence-corrected chi connectivity index (χ0v) is 13.4. The Bertz CT molecular complexity index is 487. The Morgan fingerprint density at radius 1 is 1.48 bits per heavy atom. The van der Waals surface area contributed by atoms with E-state index in [1.807, 2.05) is 37.3 Å². The number of aliphatic hydroxyl groups excluding tert-OH is 1. The third-order valence-electron chi connectivity index (χ3n) is 4.09. The highest BCUT2D eigenvalue weighted by Crippen LogP contribution is 2.33. The first-order valence-electron chi connectivity index (χ1n) is 7.39. The normalized spacial score (nSPS) is 27.2. The molecule has 116 valence electrons. The minimum Gasteiger partial charge on any atom is -0.396 e. The zero-order chi connectivity index (χ0) is 15.3. The number of benzene rings is 1. The highest BCUT2D eigenvalue weighted by atomic mass is 32.2. The van der Waals surface area contributed by atoms with Crippen LogP contribution < -0.4 is 0 Å². The summed E-state index contributed by atoms with van der Waals surface area (Å²) in [6, 6.07) is 7.81. The van der Waals surface area contributed by atoms with Gasteiger partial charge in [0, 0.05) is 17.4 Å². The zero-order valence-electron chi connectivity index (χ0n) is 12.6. The van der Waals surface area contributed by atoms with Gasteiger partial charge >= 0.3 is 0 Å². The summed E-state index contributed by atoms with van der Waals surface area (Å²) in [5.74, 6) is 0.691. The number of aliphatic hydroxyl groups is 1. The lowest BCUT2D eigenvalue weighted by molar-refractivity contribution is -0.0919. The van der Waals surface area contributed by atoms with Crippen molar-refractivity contribution in [2.45, 2.75) is 36.7 Å². The van der Waals surface area contributed by atoms with Crippen LogP contribution in [0.4, 0.5) is 0 Å². The van der Waals surface area contributed by atoms with Gasteiger partial charge in [-0.1, -0.05) is 23.8 Å². The Kier molecular flexibility index (Phi) is 5.73. The van der Waals surface area contributed by atoms with E-state index in [-0.39, 0.29) is 12.5 Å². The highest BCUT2D eigenvalue weighted by Gasteiger charge is 2.37. The Balaban J connectivity index is 2.07. The molecule has 1 aromatic carbocycles. The minimum absolute atomic E-state index is 0.158. The molecule has 3 atom stereocenters. The average molecular weight is 308 g/mol. The van der Waals surface area contributed by atoms with Gasteiger partial charge in [-0.15, -0.1) is 6.58 Å². The molecule has 0 aromatic heterocycles. The maximum absolute atomic E-state index is 12.6. The second kappa shape index (κ2) is 7.34. The fourth-order valence-electron chi connectivity index (χ4n) is 2.67. The number of ether oxygens (including phenoxy) is 1. The number of hydrogen-bond acceptors (Lipinski definition) is 3. The van der Waals surface area contributed by atoms with Gasteiger partial charge in [0.05, 0.1) is 28.8 Å². The van der Waals surface area contributed by atoms with Crippen LogP contribution in [-0.4, -0.2) is 33.9 Å². The lowest BCUT2D eigenvalue weighted by atomic mass is 9.88. The lowest BCUT2D eigenvalue weighted by Crippen LogP contribution is -2.44. The van der Waals surface area contributed by atoms with Crippen molar-refractivity contribution >= 4 is 10.8 Å². The van der Waals surface area contributed by atoms with Crippen LogP contribution in [-0.2, 0) is 15.5 Å². The van der Waals surface area contributed by atoms with E-state index in [0.717, 1.165) is 23.3 Å². The molecule has 1 aliphatic rings. The highest BCUT2D eigenvalue weighted by molar-refractivity contribution is 7.85. The van der Waals surface area contributed by atoms with Gasteiger partial charge in [-0.3, -0.25) is 4.21 Å². The van der Waals surface area contributed by atoms with Gasteiger partial charge in [0.2, 0.25) is 0 Å². The van der Waals surface area contributed by atoms with E-state index < -0.39 is 16.4 Å². The molecule has 0 radical (unpaired) electrons. The lowest BCUT2D eigenvalue weighted by Gasteiger charge is -2.39. The van der Waals surface area contributed by atoms with Crippen molar-refractivity contribution in [3.63, 3.8) is 0 Å². The van der Waals surface area contributed by atoms with Crippen LogP contribution in [0.1, 0.15) is 24.8 Å². The fourth-order valence-corrected chi connectivity index (χ4v) is 4.10. The van der Waals surface area contributed by atoms with Crippen LogP contribution in [0.15, 0.2) is 41.8 Å². The molecular formula is C17H24O3S. The van der Waals surface area contributed by atoms with E-state index in [2.05, 4.69) is 6.58 Å². The molecule has 1 unspecified atom stereocenters. The van der Waals surface area contributed by atoms with E-state index in [4.69, 9.17) is 4.74 Å². The van der Waals surface area contributed by atoms with Crippen LogP contribution in [0.3, 0.4) is 0 Å². The van der Waals surface area contributed by atoms with Gasteiger partial charge in [-0.05, 0) is 38.3 Å². The van der Waals surface area contributed by atoms with Crippen LogP contribution >= 0.6 is 0 Å². The molecule has 1 N–H and O–H groups in total. The average Bonchev–Trinajstić information content (AvgIpc) is 2.49. The van der Waals surface area contributed by atoms with Gasteiger partial charge < -0.3 is 9.84 Å². The second-order valence-corrected chi connectivity index (χ2v) is 7.33. The first-order chi connectivity index (χ1) is 10.1. The Morgan fingerprint density at radius 2 is 2.19 bits per heavy atom. The van der Waals surface area contributed by atoms with Crippen LogP contribution in [0.5, 0.6) is 0 Å². The SMILES string of the molecule is C=CC[C@@]1(CS(=O)c2ccc(C)cc2)CC[C@@H](CO)CO1. The topological polar surface area (TPSA) is 46.5 Å².